The summed E-state index contributed by atoms with van der Waals surface area (Å²) in [6.07, 6.45) is 1.42. The van der Waals surface area contributed by atoms with E-state index in [0.717, 1.165) is 17.7 Å². The molecule has 0 aliphatic rings. The summed E-state index contributed by atoms with van der Waals surface area (Å²) in [5.41, 5.74) is 13.5. The molecule has 0 unspecified atom stereocenters. The van der Waals surface area contributed by atoms with Gasteiger partial charge in [-0.15, -0.1) is 0 Å². The van der Waals surface area contributed by atoms with Gasteiger partial charge < -0.3 is 16.3 Å². The van der Waals surface area contributed by atoms with Crippen molar-refractivity contribution in [3.8, 4) is 0 Å². The van der Waals surface area contributed by atoms with Crippen LogP contribution in [0, 0.1) is 5.92 Å². The average molecular weight is 396 g/mol. The number of aryl methyl sites for hydroxylation is 1. The van der Waals surface area contributed by atoms with Crippen molar-refractivity contribution in [2.75, 3.05) is 18.1 Å². The Kier molecular flexibility index (Phi) is 8.21. The first kappa shape index (κ1) is 21.9. The normalized spacial score (nSPS) is 11.3. The van der Waals surface area contributed by atoms with E-state index in [2.05, 4.69) is 5.16 Å². The molecule has 0 atom stereocenters. The molecule has 0 aliphatic carbocycles. The number of nitrogens with two attached hydrogens (primary N) is 2. The summed E-state index contributed by atoms with van der Waals surface area (Å²) in [4.78, 5) is 30.2. The second-order valence-corrected chi connectivity index (χ2v) is 7.12. The van der Waals surface area contributed by atoms with Gasteiger partial charge in [-0.05, 0) is 36.5 Å². The molecule has 0 aromatic heterocycles. The minimum Gasteiger partial charge on any atom is -0.395 e. The van der Waals surface area contributed by atoms with Crippen LogP contribution < -0.4 is 16.4 Å². The first-order chi connectivity index (χ1) is 13.9. The number of carbonyl (C=O) groups excluding carboxylic acids is 2. The van der Waals surface area contributed by atoms with Crippen LogP contribution >= 0.6 is 0 Å². The van der Waals surface area contributed by atoms with Crippen molar-refractivity contribution in [2.45, 2.75) is 26.7 Å². The van der Waals surface area contributed by atoms with Gasteiger partial charge in [-0.2, -0.15) is 0 Å². The van der Waals surface area contributed by atoms with Crippen molar-refractivity contribution in [3.05, 3.63) is 65.7 Å². The molecule has 4 N–H and O–H groups in total. The molecule has 3 amide bonds. The van der Waals surface area contributed by atoms with E-state index in [9.17, 15) is 9.59 Å². The van der Waals surface area contributed by atoms with Crippen LogP contribution in [-0.4, -0.2) is 30.8 Å². The first-order valence-electron chi connectivity index (χ1n) is 9.59. The predicted molar refractivity (Wildman–Crippen MR) is 115 cm³/mol. The summed E-state index contributed by atoms with van der Waals surface area (Å²) in [5.74, 6) is -0.331. The summed E-state index contributed by atoms with van der Waals surface area (Å²) in [6.45, 7) is 4.96. The summed E-state index contributed by atoms with van der Waals surface area (Å²) in [7, 11) is 0. The van der Waals surface area contributed by atoms with E-state index in [0.29, 0.717) is 31.1 Å². The van der Waals surface area contributed by atoms with E-state index in [1.807, 2.05) is 44.2 Å². The molecule has 2 aromatic rings. The van der Waals surface area contributed by atoms with Gasteiger partial charge >= 0.3 is 6.03 Å². The molecule has 7 heteroatoms. The number of nitrogens with zero attached hydrogens (tertiary/aromatic N) is 2. The molecule has 0 saturated carbocycles. The standard InChI is InChI=1S/C22H28N4O3/c1-16(2)15-26(22(24)28)19-12-6-8-17(14-19)9-7-13-29-25-20(21(23)27)18-10-4-3-5-11-18/h3-6,8,10-12,14,16H,7,9,13,15H2,1-2H3,(H2,23,27)(H2,24,28)/b25-20+. The summed E-state index contributed by atoms with van der Waals surface area (Å²) in [5, 5.41) is 3.90. The Bertz CT molecular complexity index is 850. The molecule has 2 aromatic carbocycles. The van der Waals surface area contributed by atoms with E-state index in [1.165, 1.54) is 0 Å². The highest BCUT2D eigenvalue weighted by molar-refractivity contribution is 6.44. The Morgan fingerprint density at radius 2 is 1.79 bits per heavy atom. The Labute approximate surface area is 171 Å². The number of carbonyl (C=O) groups is 2. The van der Waals surface area contributed by atoms with Gasteiger partial charge in [0.15, 0.2) is 5.71 Å². The number of urea groups is 1. The van der Waals surface area contributed by atoms with E-state index in [4.69, 9.17) is 16.3 Å². The number of hydrogen-bond donors (Lipinski definition) is 2. The number of amides is 3. The molecule has 7 nitrogen and oxygen atoms in total. The van der Waals surface area contributed by atoms with Crippen molar-refractivity contribution >= 4 is 23.3 Å². The van der Waals surface area contributed by atoms with Gasteiger partial charge in [0.1, 0.15) is 6.61 Å². The van der Waals surface area contributed by atoms with Crippen LogP contribution in [0.2, 0.25) is 0 Å². The van der Waals surface area contributed by atoms with Gasteiger partial charge in [-0.3, -0.25) is 9.69 Å². The molecule has 0 aliphatic heterocycles. The van der Waals surface area contributed by atoms with Crippen molar-refractivity contribution in [1.82, 2.24) is 0 Å². The Morgan fingerprint density at radius 3 is 2.41 bits per heavy atom. The van der Waals surface area contributed by atoms with Crippen molar-refractivity contribution in [1.29, 1.82) is 0 Å². The molecule has 154 valence electrons. The Morgan fingerprint density at radius 1 is 1.07 bits per heavy atom. The number of hydrogen-bond acceptors (Lipinski definition) is 4. The van der Waals surface area contributed by atoms with Crippen molar-refractivity contribution in [3.63, 3.8) is 0 Å². The fourth-order valence-corrected chi connectivity index (χ4v) is 2.85. The molecular formula is C22H28N4O3. The molecule has 2 rings (SSSR count). The zero-order valence-electron chi connectivity index (χ0n) is 16.9. The SMILES string of the molecule is CC(C)CN(C(N)=O)c1cccc(CCCO/N=C(/C(N)=O)c2ccccc2)c1. The van der Waals surface area contributed by atoms with Gasteiger partial charge in [0.25, 0.3) is 5.91 Å². The fraction of sp³-hybridized carbons (Fsp3) is 0.318. The second-order valence-electron chi connectivity index (χ2n) is 7.12. The number of benzene rings is 2. The van der Waals surface area contributed by atoms with Crippen LogP contribution in [0.1, 0.15) is 31.4 Å². The molecule has 0 saturated heterocycles. The van der Waals surface area contributed by atoms with E-state index >= 15 is 0 Å². The van der Waals surface area contributed by atoms with Crippen LogP contribution in [0.5, 0.6) is 0 Å². The van der Waals surface area contributed by atoms with Gasteiger partial charge in [0.2, 0.25) is 0 Å². The minimum absolute atomic E-state index is 0.0957. The topological polar surface area (TPSA) is 111 Å². The smallest absolute Gasteiger partial charge is 0.319 e. The molecule has 0 bridgehead atoms. The quantitative estimate of drug-likeness (QED) is 0.366. The second kappa shape index (κ2) is 10.8. The van der Waals surface area contributed by atoms with E-state index in [-0.39, 0.29) is 5.71 Å². The lowest BCUT2D eigenvalue weighted by molar-refractivity contribution is -0.112. The molecule has 29 heavy (non-hydrogen) atoms. The summed E-state index contributed by atoms with van der Waals surface area (Å²) < 4.78 is 0. The van der Waals surface area contributed by atoms with Crippen LogP contribution in [0.15, 0.2) is 59.8 Å². The summed E-state index contributed by atoms with van der Waals surface area (Å²) in [6, 6.07) is 16.2. The Hall–Kier alpha value is -3.35. The zero-order chi connectivity index (χ0) is 21.2. The van der Waals surface area contributed by atoms with E-state index in [1.54, 1.807) is 29.2 Å². The number of oxime groups is 1. The van der Waals surface area contributed by atoms with Gasteiger partial charge in [0, 0.05) is 17.8 Å². The highest BCUT2D eigenvalue weighted by Crippen LogP contribution is 2.18. The molecule has 0 radical (unpaired) electrons. The minimum atomic E-state index is -0.638. The maximum atomic E-state index is 11.8. The third-order valence-corrected chi connectivity index (χ3v) is 4.17. The summed E-state index contributed by atoms with van der Waals surface area (Å²) >= 11 is 0. The highest BCUT2D eigenvalue weighted by Gasteiger charge is 2.14. The largest absolute Gasteiger partial charge is 0.395 e. The average Bonchev–Trinajstić information content (AvgIpc) is 2.69. The Balaban J connectivity index is 1.93. The van der Waals surface area contributed by atoms with Crippen LogP contribution in [0.25, 0.3) is 0 Å². The molecular weight excluding hydrogens is 368 g/mol. The van der Waals surface area contributed by atoms with Crippen LogP contribution in [0.4, 0.5) is 10.5 Å². The molecule has 0 spiro atoms. The molecule has 0 heterocycles. The van der Waals surface area contributed by atoms with Crippen LogP contribution in [-0.2, 0) is 16.1 Å². The zero-order valence-corrected chi connectivity index (χ0v) is 16.9. The lowest BCUT2D eigenvalue weighted by Crippen LogP contribution is -2.38. The lowest BCUT2D eigenvalue weighted by atomic mass is 10.1. The van der Waals surface area contributed by atoms with Gasteiger partial charge in [-0.1, -0.05) is 61.5 Å². The van der Waals surface area contributed by atoms with Crippen molar-refractivity contribution in [2.24, 2.45) is 22.5 Å². The molecule has 0 fully saturated rings. The highest BCUT2D eigenvalue weighted by atomic mass is 16.6. The number of anilines is 1. The maximum Gasteiger partial charge on any atom is 0.319 e. The first-order valence-corrected chi connectivity index (χ1v) is 9.59. The predicted octanol–water partition coefficient (Wildman–Crippen LogP) is 3.07. The maximum absolute atomic E-state index is 11.8. The van der Waals surface area contributed by atoms with E-state index < -0.39 is 11.9 Å². The number of primary amides is 2. The lowest BCUT2D eigenvalue weighted by Gasteiger charge is -2.23. The van der Waals surface area contributed by atoms with Crippen molar-refractivity contribution < 1.29 is 14.4 Å². The monoisotopic (exact) mass is 396 g/mol. The van der Waals surface area contributed by atoms with Gasteiger partial charge in [-0.25, -0.2) is 4.79 Å². The number of rotatable bonds is 10. The van der Waals surface area contributed by atoms with Crippen LogP contribution in [0.3, 0.4) is 0 Å². The third kappa shape index (κ3) is 6.95. The fourth-order valence-electron chi connectivity index (χ4n) is 2.85. The third-order valence-electron chi connectivity index (χ3n) is 4.17. The van der Waals surface area contributed by atoms with Gasteiger partial charge in [0.05, 0.1) is 0 Å².